The average Bonchev–Trinajstić information content (AvgIpc) is 2.46. The SMILES string of the molecule is CCOC(=O)[C@@H]1[C@H](c2ccc(C)cc2)NC(=O)N[C@]1(O)C(F)(F)F. The van der Waals surface area contributed by atoms with E-state index in [2.05, 4.69) is 5.32 Å². The molecular formula is C15H17F3N2O4. The fourth-order valence-corrected chi connectivity index (χ4v) is 2.59. The van der Waals surface area contributed by atoms with Crippen LogP contribution in [-0.4, -0.2) is 35.6 Å². The number of alkyl halides is 3. The summed E-state index contributed by atoms with van der Waals surface area (Å²) in [6.07, 6.45) is -5.27. The lowest BCUT2D eigenvalue weighted by Gasteiger charge is -2.44. The van der Waals surface area contributed by atoms with E-state index >= 15 is 0 Å². The van der Waals surface area contributed by atoms with Gasteiger partial charge in [0.2, 0.25) is 0 Å². The van der Waals surface area contributed by atoms with Crippen molar-refractivity contribution in [2.45, 2.75) is 31.8 Å². The Morgan fingerprint density at radius 1 is 1.33 bits per heavy atom. The van der Waals surface area contributed by atoms with Crippen molar-refractivity contribution in [3.05, 3.63) is 35.4 Å². The first-order valence-electron chi connectivity index (χ1n) is 7.21. The maximum Gasteiger partial charge on any atom is 0.437 e. The Labute approximate surface area is 136 Å². The first-order chi connectivity index (χ1) is 11.1. The standard InChI is InChI=1S/C15H17F3N2O4/c1-3-24-12(21)10-11(9-6-4-8(2)5-7-9)19-13(22)20-14(10,23)15(16,17)18/h4-7,10-11,23H,3H2,1-2H3,(H2,19,20,22)/t10-,11-,14+/m0/s1. The van der Waals surface area contributed by atoms with Gasteiger partial charge in [0, 0.05) is 0 Å². The molecule has 9 heteroatoms. The molecule has 1 aromatic rings. The molecule has 0 radical (unpaired) electrons. The third-order valence-electron chi connectivity index (χ3n) is 3.78. The van der Waals surface area contributed by atoms with Crippen LogP contribution < -0.4 is 10.6 Å². The van der Waals surface area contributed by atoms with Gasteiger partial charge in [-0.25, -0.2) is 4.79 Å². The fourth-order valence-electron chi connectivity index (χ4n) is 2.59. The molecule has 3 N–H and O–H groups in total. The van der Waals surface area contributed by atoms with E-state index < -0.39 is 35.9 Å². The molecule has 0 aliphatic carbocycles. The van der Waals surface area contributed by atoms with Gasteiger partial charge >= 0.3 is 18.2 Å². The van der Waals surface area contributed by atoms with E-state index in [1.807, 2.05) is 0 Å². The third-order valence-corrected chi connectivity index (χ3v) is 3.78. The maximum atomic E-state index is 13.4. The molecule has 2 rings (SSSR count). The zero-order chi connectivity index (χ0) is 18.1. The molecule has 1 fully saturated rings. The number of carbonyl (C=O) groups excluding carboxylic acids is 2. The normalized spacial score (nSPS) is 27.2. The molecule has 3 atom stereocenters. The van der Waals surface area contributed by atoms with Crippen LogP contribution in [-0.2, 0) is 9.53 Å². The summed E-state index contributed by atoms with van der Waals surface area (Å²) < 4.78 is 44.9. The van der Waals surface area contributed by atoms with Crippen molar-refractivity contribution in [3.8, 4) is 0 Å². The van der Waals surface area contributed by atoms with Crippen LogP contribution in [0.4, 0.5) is 18.0 Å². The zero-order valence-electron chi connectivity index (χ0n) is 13.0. The van der Waals surface area contributed by atoms with Gasteiger partial charge in [-0.15, -0.1) is 0 Å². The molecule has 1 saturated heterocycles. The molecule has 0 aromatic heterocycles. The Kier molecular flexibility index (Phi) is 4.75. The van der Waals surface area contributed by atoms with Gasteiger partial charge in [0.05, 0.1) is 12.6 Å². The average molecular weight is 346 g/mol. The van der Waals surface area contributed by atoms with Crippen molar-refractivity contribution in [3.63, 3.8) is 0 Å². The van der Waals surface area contributed by atoms with Gasteiger partial charge in [0.1, 0.15) is 5.92 Å². The second-order valence-electron chi connectivity index (χ2n) is 5.48. The quantitative estimate of drug-likeness (QED) is 0.728. The Morgan fingerprint density at radius 3 is 2.42 bits per heavy atom. The molecule has 0 unspecified atom stereocenters. The van der Waals surface area contributed by atoms with Gasteiger partial charge in [-0.3, -0.25) is 4.79 Å². The summed E-state index contributed by atoms with van der Waals surface area (Å²) in [4.78, 5) is 23.8. The molecule has 132 valence electrons. The van der Waals surface area contributed by atoms with Crippen LogP contribution in [0.25, 0.3) is 0 Å². The van der Waals surface area contributed by atoms with E-state index in [1.54, 1.807) is 19.1 Å². The minimum Gasteiger partial charge on any atom is -0.466 e. The number of aryl methyl sites for hydroxylation is 1. The monoisotopic (exact) mass is 346 g/mol. The fraction of sp³-hybridized carbons (Fsp3) is 0.467. The van der Waals surface area contributed by atoms with Crippen LogP contribution >= 0.6 is 0 Å². The summed E-state index contributed by atoms with van der Waals surface area (Å²) >= 11 is 0. The van der Waals surface area contributed by atoms with E-state index in [4.69, 9.17) is 4.74 Å². The molecule has 2 amide bonds. The van der Waals surface area contributed by atoms with Crippen LogP contribution in [0, 0.1) is 12.8 Å². The molecular weight excluding hydrogens is 329 g/mol. The number of rotatable bonds is 3. The smallest absolute Gasteiger partial charge is 0.437 e. The van der Waals surface area contributed by atoms with Crippen LogP contribution in [0.1, 0.15) is 24.1 Å². The van der Waals surface area contributed by atoms with Gasteiger partial charge in [-0.05, 0) is 19.4 Å². The molecule has 1 heterocycles. The predicted molar refractivity (Wildman–Crippen MR) is 76.7 cm³/mol. The molecule has 0 bridgehead atoms. The molecule has 0 spiro atoms. The first-order valence-corrected chi connectivity index (χ1v) is 7.21. The zero-order valence-corrected chi connectivity index (χ0v) is 13.0. The van der Waals surface area contributed by atoms with E-state index in [-0.39, 0.29) is 12.2 Å². The van der Waals surface area contributed by atoms with Gasteiger partial charge < -0.3 is 20.5 Å². The molecule has 1 aliphatic rings. The third kappa shape index (κ3) is 3.16. The highest BCUT2D eigenvalue weighted by atomic mass is 19.4. The van der Waals surface area contributed by atoms with E-state index in [9.17, 15) is 27.9 Å². The summed E-state index contributed by atoms with van der Waals surface area (Å²) in [5.74, 6) is -3.37. The Morgan fingerprint density at radius 2 is 1.92 bits per heavy atom. The Balaban J connectivity index is 2.55. The molecule has 1 aromatic carbocycles. The van der Waals surface area contributed by atoms with Gasteiger partial charge in [-0.1, -0.05) is 29.8 Å². The highest BCUT2D eigenvalue weighted by molar-refractivity contribution is 5.83. The minimum atomic E-state index is -5.27. The Bertz CT molecular complexity index is 633. The second kappa shape index (κ2) is 6.31. The number of carbonyl (C=O) groups is 2. The van der Waals surface area contributed by atoms with Crippen molar-refractivity contribution in [2.75, 3.05) is 6.61 Å². The number of benzene rings is 1. The highest BCUT2D eigenvalue weighted by Crippen LogP contribution is 2.43. The maximum absolute atomic E-state index is 13.4. The number of esters is 1. The summed E-state index contributed by atoms with van der Waals surface area (Å²) in [5.41, 5.74) is -2.65. The number of nitrogens with one attached hydrogen (secondary N) is 2. The van der Waals surface area contributed by atoms with Crippen molar-refractivity contribution >= 4 is 12.0 Å². The van der Waals surface area contributed by atoms with Crippen LogP contribution in [0.15, 0.2) is 24.3 Å². The number of ether oxygens (including phenoxy) is 1. The van der Waals surface area contributed by atoms with Gasteiger partial charge in [0.25, 0.3) is 5.72 Å². The van der Waals surface area contributed by atoms with Crippen molar-refractivity contribution < 1.29 is 32.6 Å². The number of hydrogen-bond donors (Lipinski definition) is 3. The largest absolute Gasteiger partial charge is 0.466 e. The van der Waals surface area contributed by atoms with E-state index in [0.717, 1.165) is 5.56 Å². The summed E-state index contributed by atoms with van der Waals surface area (Å²) in [7, 11) is 0. The highest BCUT2D eigenvalue weighted by Gasteiger charge is 2.67. The second-order valence-corrected chi connectivity index (χ2v) is 5.48. The summed E-state index contributed by atoms with van der Waals surface area (Å²) in [6, 6.07) is 3.57. The van der Waals surface area contributed by atoms with Crippen LogP contribution in [0.5, 0.6) is 0 Å². The molecule has 1 aliphatic heterocycles. The number of hydrogen-bond acceptors (Lipinski definition) is 4. The van der Waals surface area contributed by atoms with Gasteiger partial charge in [0.15, 0.2) is 0 Å². The predicted octanol–water partition coefficient (Wildman–Crippen LogP) is 1.78. The van der Waals surface area contributed by atoms with E-state index in [1.165, 1.54) is 24.4 Å². The lowest BCUT2D eigenvalue weighted by molar-refractivity contribution is -0.294. The number of urea groups is 1. The summed E-state index contributed by atoms with van der Waals surface area (Å²) in [5, 5.41) is 13.8. The van der Waals surface area contributed by atoms with Gasteiger partial charge in [-0.2, -0.15) is 13.2 Å². The molecule has 0 saturated carbocycles. The Hall–Kier alpha value is -2.29. The number of amides is 2. The lowest BCUT2D eigenvalue weighted by Crippen LogP contribution is -2.73. The number of aliphatic hydroxyl groups is 1. The molecule has 6 nitrogen and oxygen atoms in total. The topological polar surface area (TPSA) is 87.7 Å². The lowest BCUT2D eigenvalue weighted by atomic mass is 9.82. The summed E-state index contributed by atoms with van der Waals surface area (Å²) in [6.45, 7) is 3.04. The molecule has 24 heavy (non-hydrogen) atoms. The van der Waals surface area contributed by atoms with Crippen molar-refractivity contribution in [2.24, 2.45) is 5.92 Å². The van der Waals surface area contributed by atoms with Crippen molar-refractivity contribution in [1.29, 1.82) is 0 Å². The van der Waals surface area contributed by atoms with E-state index in [0.29, 0.717) is 0 Å². The van der Waals surface area contributed by atoms with Crippen LogP contribution in [0.2, 0.25) is 0 Å². The van der Waals surface area contributed by atoms with Crippen molar-refractivity contribution in [1.82, 2.24) is 10.6 Å². The first kappa shape index (κ1) is 18.1. The van der Waals surface area contributed by atoms with Crippen LogP contribution in [0.3, 0.4) is 0 Å². The number of halogens is 3. The minimum absolute atomic E-state index is 0.169.